The number of rotatable bonds is 9. The van der Waals surface area contributed by atoms with Crippen molar-refractivity contribution in [3.8, 4) is 0 Å². The summed E-state index contributed by atoms with van der Waals surface area (Å²) in [6.45, 7) is 6.40. The molecule has 2 heterocycles. The molecule has 2 aliphatic rings. The van der Waals surface area contributed by atoms with Crippen LogP contribution in [0.15, 0.2) is 24.3 Å². The van der Waals surface area contributed by atoms with Gasteiger partial charge in [0.15, 0.2) is 0 Å². The van der Waals surface area contributed by atoms with Gasteiger partial charge in [-0.3, -0.25) is 19.2 Å². The minimum atomic E-state index is -0.833. The number of ether oxygens (including phenoxy) is 2. The highest BCUT2D eigenvalue weighted by Gasteiger charge is 2.42. The lowest BCUT2D eigenvalue weighted by Crippen LogP contribution is -2.56. The number of halogens is 1. The number of hydrogen-bond acceptors (Lipinski definition) is 6. The van der Waals surface area contributed by atoms with Gasteiger partial charge in [-0.1, -0.05) is 44.5 Å². The van der Waals surface area contributed by atoms with Crippen LogP contribution in [0, 0.1) is 5.92 Å². The lowest BCUT2D eigenvalue weighted by atomic mass is 10.0. The molecular formula is C24H32ClN3O6. The van der Waals surface area contributed by atoms with E-state index in [4.69, 9.17) is 21.1 Å². The summed E-state index contributed by atoms with van der Waals surface area (Å²) in [7, 11) is 0. The minimum Gasteiger partial charge on any atom is -0.433 e. The predicted molar refractivity (Wildman–Crippen MR) is 125 cm³/mol. The number of esters is 1. The highest BCUT2D eigenvalue weighted by atomic mass is 35.5. The lowest BCUT2D eigenvalue weighted by molar-refractivity contribution is -0.165. The Morgan fingerprint density at radius 1 is 1.26 bits per heavy atom. The molecule has 10 heteroatoms. The topological polar surface area (TPSA) is 114 Å². The Hall–Kier alpha value is -2.65. The molecule has 3 rings (SSSR count). The normalized spacial score (nSPS) is 23.0. The van der Waals surface area contributed by atoms with E-state index in [0.29, 0.717) is 31.0 Å². The molecule has 3 amide bonds. The van der Waals surface area contributed by atoms with Crippen LogP contribution < -0.4 is 10.6 Å². The van der Waals surface area contributed by atoms with Crippen molar-refractivity contribution in [2.75, 3.05) is 13.2 Å². The minimum absolute atomic E-state index is 0.0172. The van der Waals surface area contributed by atoms with Crippen LogP contribution in [0.25, 0.3) is 0 Å². The molecule has 2 aliphatic heterocycles. The summed E-state index contributed by atoms with van der Waals surface area (Å²) in [6.07, 6.45) is 1.07. The average molecular weight is 494 g/mol. The van der Waals surface area contributed by atoms with Crippen LogP contribution in [0.3, 0.4) is 0 Å². The molecule has 0 bridgehead atoms. The second-order valence-corrected chi connectivity index (χ2v) is 9.32. The standard InChI is InChI=1S/C24H32ClN3O6/c1-4-12-33-24-17(13-19(29)34-24)26-22(31)18-10-7-11-28(18)23(32)20(14(2)3)27-21(30)15-8-5-6-9-16(15)25/h5-6,8-9,14,17-18,20,24H,4,7,10-13H2,1-3H3,(H,26,31)(H,27,30)/t17-,18+,20+,24-/m1/s1. The monoisotopic (exact) mass is 493 g/mol. The van der Waals surface area contributed by atoms with E-state index in [1.807, 2.05) is 20.8 Å². The number of carbonyl (C=O) groups excluding carboxylic acids is 4. The largest absolute Gasteiger partial charge is 0.433 e. The van der Waals surface area contributed by atoms with Gasteiger partial charge in [0.2, 0.25) is 18.1 Å². The molecule has 0 saturated carbocycles. The lowest BCUT2D eigenvalue weighted by Gasteiger charge is -2.31. The molecule has 34 heavy (non-hydrogen) atoms. The van der Waals surface area contributed by atoms with Crippen LogP contribution in [-0.2, 0) is 23.9 Å². The van der Waals surface area contributed by atoms with Crippen LogP contribution in [0.2, 0.25) is 5.02 Å². The number of benzene rings is 1. The number of likely N-dealkylation sites (tertiary alicyclic amines) is 1. The van der Waals surface area contributed by atoms with Gasteiger partial charge in [0.05, 0.1) is 23.6 Å². The maximum Gasteiger partial charge on any atom is 0.310 e. The third-order valence-electron chi connectivity index (χ3n) is 5.95. The van der Waals surface area contributed by atoms with E-state index in [2.05, 4.69) is 10.6 Å². The molecule has 0 aliphatic carbocycles. The smallest absolute Gasteiger partial charge is 0.310 e. The Labute approximate surface area is 204 Å². The summed E-state index contributed by atoms with van der Waals surface area (Å²) in [5.41, 5.74) is 0.280. The Morgan fingerprint density at radius 3 is 2.68 bits per heavy atom. The maximum absolute atomic E-state index is 13.4. The molecular weight excluding hydrogens is 462 g/mol. The van der Waals surface area contributed by atoms with Crippen molar-refractivity contribution in [3.05, 3.63) is 34.9 Å². The number of amides is 3. The molecule has 0 aromatic heterocycles. The van der Waals surface area contributed by atoms with E-state index in [-0.39, 0.29) is 29.7 Å². The number of nitrogens with zero attached hydrogens (tertiary/aromatic N) is 1. The molecule has 1 aromatic carbocycles. The maximum atomic E-state index is 13.4. The zero-order chi connectivity index (χ0) is 24.8. The van der Waals surface area contributed by atoms with Crippen LogP contribution in [0.1, 0.15) is 56.8 Å². The third kappa shape index (κ3) is 6.07. The van der Waals surface area contributed by atoms with E-state index < -0.39 is 36.3 Å². The Kier molecular flexibility index (Phi) is 8.90. The number of carbonyl (C=O) groups is 4. The Bertz CT molecular complexity index is 924. The summed E-state index contributed by atoms with van der Waals surface area (Å²) in [6, 6.07) is 4.49. The number of hydrogen-bond donors (Lipinski definition) is 2. The van der Waals surface area contributed by atoms with Gasteiger partial charge in [0.1, 0.15) is 18.1 Å². The highest BCUT2D eigenvalue weighted by molar-refractivity contribution is 6.33. The SMILES string of the molecule is CCCO[C@@H]1OC(=O)C[C@H]1NC(=O)[C@@H]1CCCN1C(=O)[C@@H](NC(=O)c1ccccc1Cl)C(C)C. The number of cyclic esters (lactones) is 1. The zero-order valence-corrected chi connectivity index (χ0v) is 20.5. The van der Waals surface area contributed by atoms with Crippen molar-refractivity contribution < 1.29 is 28.7 Å². The van der Waals surface area contributed by atoms with Crippen molar-refractivity contribution in [1.82, 2.24) is 15.5 Å². The molecule has 0 unspecified atom stereocenters. The van der Waals surface area contributed by atoms with Gasteiger partial charge >= 0.3 is 5.97 Å². The molecule has 2 fully saturated rings. The first-order chi connectivity index (χ1) is 16.2. The fourth-order valence-electron chi connectivity index (χ4n) is 4.18. The van der Waals surface area contributed by atoms with Gasteiger partial charge in [-0.25, -0.2) is 0 Å². The molecule has 0 radical (unpaired) electrons. The van der Waals surface area contributed by atoms with Crippen LogP contribution in [-0.4, -0.2) is 66.2 Å². The number of nitrogens with one attached hydrogen (secondary N) is 2. The summed E-state index contributed by atoms with van der Waals surface area (Å²) < 4.78 is 10.7. The molecule has 2 saturated heterocycles. The first kappa shape index (κ1) is 26.0. The Morgan fingerprint density at radius 2 is 2.00 bits per heavy atom. The van der Waals surface area contributed by atoms with Crippen molar-refractivity contribution >= 4 is 35.3 Å². The van der Waals surface area contributed by atoms with Gasteiger partial charge in [0, 0.05) is 6.54 Å². The van der Waals surface area contributed by atoms with E-state index in [0.717, 1.165) is 6.42 Å². The van der Waals surface area contributed by atoms with Gasteiger partial charge in [0.25, 0.3) is 5.91 Å². The second kappa shape index (κ2) is 11.7. The van der Waals surface area contributed by atoms with E-state index in [1.165, 1.54) is 4.90 Å². The van der Waals surface area contributed by atoms with Gasteiger partial charge in [-0.05, 0) is 37.3 Å². The van der Waals surface area contributed by atoms with Crippen LogP contribution in [0.5, 0.6) is 0 Å². The van der Waals surface area contributed by atoms with Crippen molar-refractivity contribution in [1.29, 1.82) is 0 Å². The third-order valence-corrected chi connectivity index (χ3v) is 6.28. The zero-order valence-electron chi connectivity index (χ0n) is 19.7. The first-order valence-electron chi connectivity index (χ1n) is 11.7. The van der Waals surface area contributed by atoms with Crippen LogP contribution in [0.4, 0.5) is 0 Å². The summed E-state index contributed by atoms with van der Waals surface area (Å²) >= 11 is 6.13. The van der Waals surface area contributed by atoms with E-state index in [1.54, 1.807) is 24.3 Å². The van der Waals surface area contributed by atoms with E-state index >= 15 is 0 Å². The van der Waals surface area contributed by atoms with Crippen molar-refractivity contribution in [3.63, 3.8) is 0 Å². The fraction of sp³-hybridized carbons (Fsp3) is 0.583. The quantitative estimate of drug-likeness (QED) is 0.510. The molecule has 0 spiro atoms. The van der Waals surface area contributed by atoms with Gasteiger partial charge < -0.3 is 25.0 Å². The average Bonchev–Trinajstić information content (AvgIpc) is 3.42. The van der Waals surface area contributed by atoms with Gasteiger partial charge in [-0.2, -0.15) is 0 Å². The summed E-state index contributed by atoms with van der Waals surface area (Å²) in [4.78, 5) is 52.6. The summed E-state index contributed by atoms with van der Waals surface area (Å²) in [5.74, 6) is -1.79. The van der Waals surface area contributed by atoms with Crippen molar-refractivity contribution in [2.45, 2.75) is 70.9 Å². The van der Waals surface area contributed by atoms with E-state index in [9.17, 15) is 19.2 Å². The molecule has 1 aromatic rings. The molecule has 2 N–H and O–H groups in total. The van der Waals surface area contributed by atoms with Crippen LogP contribution >= 0.6 is 11.6 Å². The predicted octanol–water partition coefficient (Wildman–Crippen LogP) is 2.27. The van der Waals surface area contributed by atoms with Crippen molar-refractivity contribution in [2.24, 2.45) is 5.92 Å². The Balaban J connectivity index is 1.68. The highest BCUT2D eigenvalue weighted by Crippen LogP contribution is 2.23. The summed E-state index contributed by atoms with van der Waals surface area (Å²) in [5, 5.41) is 5.91. The fourth-order valence-corrected chi connectivity index (χ4v) is 4.40. The molecule has 186 valence electrons. The molecule has 9 nitrogen and oxygen atoms in total. The van der Waals surface area contributed by atoms with Gasteiger partial charge in [-0.15, -0.1) is 0 Å². The first-order valence-corrected chi connectivity index (χ1v) is 12.1. The second-order valence-electron chi connectivity index (χ2n) is 8.91. The molecule has 4 atom stereocenters.